The third-order valence-corrected chi connectivity index (χ3v) is 2.68. The van der Waals surface area contributed by atoms with Crippen LogP contribution in [0.15, 0.2) is 0 Å². The molecule has 2 heteroatoms. The van der Waals surface area contributed by atoms with Crippen LogP contribution in [0.5, 0.6) is 0 Å². The summed E-state index contributed by atoms with van der Waals surface area (Å²) >= 11 is 0. The zero-order chi connectivity index (χ0) is 7.56. The van der Waals surface area contributed by atoms with Crippen LogP contribution in [-0.2, 0) is 0 Å². The van der Waals surface area contributed by atoms with E-state index < -0.39 is 0 Å². The van der Waals surface area contributed by atoms with Gasteiger partial charge in [-0.15, -0.1) is 6.04 Å². The van der Waals surface area contributed by atoms with Crippen LogP contribution in [0.4, 0.5) is 0 Å². The van der Waals surface area contributed by atoms with Gasteiger partial charge in [-0.05, 0) is 5.92 Å². The third-order valence-electron chi connectivity index (χ3n) is 2.68. The van der Waals surface area contributed by atoms with E-state index >= 15 is 0 Å². The number of nitrogens with one attached hydrogen (secondary N) is 1. The predicted octanol–water partition coefficient (Wildman–Crippen LogP) is 3.25. The van der Waals surface area contributed by atoms with E-state index in [2.05, 4.69) is 13.8 Å². The van der Waals surface area contributed by atoms with Gasteiger partial charge in [-0.2, -0.15) is 0 Å². The molecule has 0 aromatic heterocycles. The predicted molar refractivity (Wildman–Crippen MR) is 44.9 cm³/mol. The van der Waals surface area contributed by atoms with E-state index in [0.717, 1.165) is 12.3 Å². The van der Waals surface area contributed by atoms with Crippen molar-refractivity contribution in [1.29, 1.82) is 0 Å². The molecule has 1 N–H and O–H groups in total. The molecule has 0 saturated heterocycles. The summed E-state index contributed by atoms with van der Waals surface area (Å²) in [5, 5.41) is 0. The molecule has 2 atom stereocenters. The third kappa shape index (κ3) is 3.75. The Bertz CT molecular complexity index is 104. The SMILES string of the molecule is CC(C)[C@H]1CCCC[C@@H]1[NH-].[Ac]. The average molecular weight is 367 g/mol. The normalized spacial score (nSPS) is 31.6. The Kier molecular flexibility index (Phi) is 6.71. The van der Waals surface area contributed by atoms with Gasteiger partial charge in [-0.25, -0.2) is 0 Å². The van der Waals surface area contributed by atoms with Crippen LogP contribution in [0, 0.1) is 55.9 Å². The van der Waals surface area contributed by atoms with Crippen molar-refractivity contribution in [3.8, 4) is 0 Å². The average Bonchev–Trinajstić information content (AvgIpc) is 1.88. The molecule has 0 spiro atoms. The minimum Gasteiger partial charge on any atom is -0.674 e. The molecular weight excluding hydrogens is 349 g/mol. The maximum Gasteiger partial charge on any atom is 0 e. The summed E-state index contributed by atoms with van der Waals surface area (Å²) in [6.07, 6.45) is 5.09. The molecule has 1 aliphatic carbocycles. The van der Waals surface area contributed by atoms with Crippen LogP contribution in [-0.4, -0.2) is 6.04 Å². The number of hydrogen-bond donors (Lipinski definition) is 0. The quantitative estimate of drug-likeness (QED) is 0.680. The van der Waals surface area contributed by atoms with E-state index in [1.165, 1.54) is 19.3 Å². The second-order valence-corrected chi connectivity index (χ2v) is 3.80. The maximum atomic E-state index is 7.76. The Labute approximate surface area is 106 Å². The van der Waals surface area contributed by atoms with Crippen molar-refractivity contribution in [2.24, 2.45) is 11.8 Å². The minimum atomic E-state index is 0. The van der Waals surface area contributed by atoms with E-state index in [1.807, 2.05) is 0 Å². The molecular formula is C9H18AcN-. The van der Waals surface area contributed by atoms with Gasteiger partial charge in [0.2, 0.25) is 0 Å². The first-order chi connectivity index (χ1) is 4.72. The van der Waals surface area contributed by atoms with E-state index in [4.69, 9.17) is 5.73 Å². The van der Waals surface area contributed by atoms with Crippen molar-refractivity contribution in [2.45, 2.75) is 45.6 Å². The number of hydrogen-bond acceptors (Lipinski definition) is 0. The van der Waals surface area contributed by atoms with Gasteiger partial charge in [0.15, 0.2) is 0 Å². The summed E-state index contributed by atoms with van der Waals surface area (Å²) in [6.45, 7) is 4.50. The first kappa shape index (κ1) is 12.4. The fourth-order valence-electron chi connectivity index (χ4n) is 1.96. The monoisotopic (exact) mass is 367 g/mol. The topological polar surface area (TPSA) is 23.8 Å². The summed E-state index contributed by atoms with van der Waals surface area (Å²) in [6, 6.07) is 0.244. The summed E-state index contributed by atoms with van der Waals surface area (Å²) in [4.78, 5) is 0. The summed E-state index contributed by atoms with van der Waals surface area (Å²) in [5.74, 6) is 1.41. The largest absolute Gasteiger partial charge is 0.674 e. The van der Waals surface area contributed by atoms with Crippen LogP contribution >= 0.6 is 0 Å². The van der Waals surface area contributed by atoms with Gasteiger partial charge in [-0.1, -0.05) is 45.4 Å². The summed E-state index contributed by atoms with van der Waals surface area (Å²) in [7, 11) is 0. The van der Waals surface area contributed by atoms with Gasteiger partial charge in [0.1, 0.15) is 0 Å². The zero-order valence-corrected chi connectivity index (χ0v) is 12.4. The van der Waals surface area contributed by atoms with Crippen molar-refractivity contribution < 1.29 is 44.1 Å². The van der Waals surface area contributed by atoms with E-state index in [-0.39, 0.29) is 50.1 Å². The molecule has 1 fully saturated rings. The van der Waals surface area contributed by atoms with Crippen molar-refractivity contribution in [1.82, 2.24) is 0 Å². The Hall–Kier alpha value is 1.40. The fraction of sp³-hybridized carbons (Fsp3) is 1.00. The van der Waals surface area contributed by atoms with E-state index in [1.54, 1.807) is 0 Å². The van der Waals surface area contributed by atoms with Gasteiger partial charge in [0.25, 0.3) is 0 Å². The van der Waals surface area contributed by atoms with Crippen molar-refractivity contribution in [3.05, 3.63) is 5.73 Å². The second-order valence-electron chi connectivity index (χ2n) is 3.80. The molecule has 0 bridgehead atoms. The molecule has 1 radical (unpaired) electrons. The van der Waals surface area contributed by atoms with Crippen LogP contribution < -0.4 is 0 Å². The molecule has 0 aromatic rings. The van der Waals surface area contributed by atoms with Crippen LogP contribution in [0.3, 0.4) is 0 Å². The molecule has 63 valence electrons. The first-order valence-electron chi connectivity index (χ1n) is 4.43. The second kappa shape index (κ2) is 5.95. The summed E-state index contributed by atoms with van der Waals surface area (Å²) in [5.41, 5.74) is 7.76. The van der Waals surface area contributed by atoms with Gasteiger partial charge in [-0.3, -0.25) is 0 Å². The smallest absolute Gasteiger partial charge is 0 e. The van der Waals surface area contributed by atoms with Gasteiger partial charge in [0.05, 0.1) is 0 Å². The van der Waals surface area contributed by atoms with E-state index in [9.17, 15) is 0 Å². The Morgan fingerprint density at radius 3 is 2.09 bits per heavy atom. The Morgan fingerprint density at radius 2 is 1.73 bits per heavy atom. The number of rotatable bonds is 1. The van der Waals surface area contributed by atoms with Crippen LogP contribution in [0.2, 0.25) is 0 Å². The minimum absolute atomic E-state index is 0. The molecule has 0 unspecified atom stereocenters. The van der Waals surface area contributed by atoms with E-state index in [0.29, 0.717) is 5.92 Å². The van der Waals surface area contributed by atoms with Gasteiger partial charge < -0.3 is 5.73 Å². The molecule has 0 heterocycles. The molecule has 1 aliphatic rings. The van der Waals surface area contributed by atoms with Crippen molar-refractivity contribution >= 4 is 0 Å². The molecule has 0 aromatic carbocycles. The molecule has 1 saturated carbocycles. The first-order valence-corrected chi connectivity index (χ1v) is 4.43. The summed E-state index contributed by atoms with van der Waals surface area (Å²) < 4.78 is 0. The Balaban J connectivity index is 0.000001000. The maximum absolute atomic E-state index is 7.76. The zero-order valence-electron chi connectivity index (χ0n) is 7.64. The van der Waals surface area contributed by atoms with Gasteiger partial charge >= 0.3 is 0 Å². The van der Waals surface area contributed by atoms with Crippen molar-refractivity contribution in [2.75, 3.05) is 0 Å². The molecule has 0 aliphatic heterocycles. The van der Waals surface area contributed by atoms with Crippen LogP contribution in [0.1, 0.15) is 39.5 Å². The molecule has 1 nitrogen and oxygen atoms in total. The van der Waals surface area contributed by atoms with Crippen LogP contribution in [0.25, 0.3) is 5.73 Å². The molecule has 11 heavy (non-hydrogen) atoms. The fourth-order valence-corrected chi connectivity index (χ4v) is 1.96. The standard InChI is InChI=1S/C9H18N.Ac/c1-7(2)8-5-3-4-6-9(8)10;/h7-10H,3-6H2,1-2H3;/q-1;/t8-,9+;/m1./s1. The van der Waals surface area contributed by atoms with Crippen molar-refractivity contribution in [3.63, 3.8) is 0 Å². The van der Waals surface area contributed by atoms with Gasteiger partial charge in [0, 0.05) is 44.1 Å². The Morgan fingerprint density at radius 1 is 1.18 bits per heavy atom. The molecule has 0 amide bonds. The molecule has 1 rings (SSSR count).